The Hall–Kier alpha value is -0.823. The summed E-state index contributed by atoms with van der Waals surface area (Å²) in [6.07, 6.45) is 0.284. The highest BCUT2D eigenvalue weighted by atomic mass is 28.3. The molecule has 3 nitrogen and oxygen atoms in total. The van der Waals surface area contributed by atoms with E-state index in [0.29, 0.717) is 12.0 Å². The molecule has 1 aromatic carbocycles. The summed E-state index contributed by atoms with van der Waals surface area (Å²) in [6, 6.07) is 3.81. The average molecular weight is 261 g/mol. The molecule has 0 saturated carbocycles. The van der Waals surface area contributed by atoms with E-state index >= 15 is 0 Å². The van der Waals surface area contributed by atoms with Crippen molar-refractivity contribution in [1.29, 1.82) is 0 Å². The lowest BCUT2D eigenvalue weighted by Crippen LogP contribution is -2.29. The Balaban J connectivity index is 2.55. The van der Waals surface area contributed by atoms with Crippen LogP contribution in [0.2, 0.25) is 0 Å². The van der Waals surface area contributed by atoms with Gasteiger partial charge in [0.25, 0.3) is 0 Å². The standard InChI is InChI=1S/C11H15F2O3Si/c1-8(16-17(14-2)15-3)6-9-4-5-10(12)11(13)7-9/h4-5,7-8H,6H2,1-3H3. The van der Waals surface area contributed by atoms with Crippen LogP contribution < -0.4 is 0 Å². The number of hydrogen-bond acceptors (Lipinski definition) is 3. The summed E-state index contributed by atoms with van der Waals surface area (Å²) >= 11 is 0. The molecule has 0 heterocycles. The van der Waals surface area contributed by atoms with Crippen LogP contribution in [-0.4, -0.2) is 29.9 Å². The van der Waals surface area contributed by atoms with Crippen LogP contribution in [0.4, 0.5) is 8.78 Å². The first-order valence-electron chi connectivity index (χ1n) is 5.12. The predicted molar refractivity (Wildman–Crippen MR) is 60.4 cm³/mol. The Morgan fingerprint density at radius 3 is 2.35 bits per heavy atom. The van der Waals surface area contributed by atoms with Crippen molar-refractivity contribution in [3.8, 4) is 0 Å². The zero-order valence-electron chi connectivity index (χ0n) is 10.00. The van der Waals surface area contributed by atoms with E-state index in [9.17, 15) is 8.78 Å². The van der Waals surface area contributed by atoms with Crippen LogP contribution in [0, 0.1) is 11.6 Å². The summed E-state index contributed by atoms with van der Waals surface area (Å²) in [6.45, 7) is 1.82. The van der Waals surface area contributed by atoms with E-state index in [1.165, 1.54) is 26.4 Å². The highest BCUT2D eigenvalue weighted by Crippen LogP contribution is 2.12. The lowest BCUT2D eigenvalue weighted by Gasteiger charge is -2.16. The van der Waals surface area contributed by atoms with Gasteiger partial charge >= 0.3 is 9.53 Å². The number of hydrogen-bond donors (Lipinski definition) is 0. The highest BCUT2D eigenvalue weighted by Gasteiger charge is 2.19. The van der Waals surface area contributed by atoms with Gasteiger partial charge in [-0.25, -0.2) is 8.78 Å². The number of halogens is 2. The first-order chi connectivity index (χ1) is 8.06. The lowest BCUT2D eigenvalue weighted by molar-refractivity contribution is 0.0951. The summed E-state index contributed by atoms with van der Waals surface area (Å²) in [4.78, 5) is 0. The Bertz CT molecular complexity index is 359. The van der Waals surface area contributed by atoms with E-state index < -0.39 is 21.2 Å². The molecule has 0 aliphatic heterocycles. The molecule has 0 fully saturated rings. The summed E-state index contributed by atoms with van der Waals surface area (Å²) < 4.78 is 41.1. The van der Waals surface area contributed by atoms with Gasteiger partial charge in [-0.2, -0.15) is 0 Å². The Morgan fingerprint density at radius 2 is 1.82 bits per heavy atom. The molecule has 1 aromatic rings. The van der Waals surface area contributed by atoms with Crippen LogP contribution in [0.5, 0.6) is 0 Å². The summed E-state index contributed by atoms with van der Waals surface area (Å²) in [5.74, 6) is -1.69. The van der Waals surface area contributed by atoms with Gasteiger partial charge in [0.05, 0.1) is 6.10 Å². The normalized spacial score (nSPS) is 13.1. The predicted octanol–water partition coefficient (Wildman–Crippen LogP) is 2.19. The van der Waals surface area contributed by atoms with Crippen molar-refractivity contribution in [1.82, 2.24) is 0 Å². The molecule has 6 heteroatoms. The van der Waals surface area contributed by atoms with E-state index in [-0.39, 0.29) is 6.10 Å². The van der Waals surface area contributed by atoms with Crippen molar-refractivity contribution in [3.63, 3.8) is 0 Å². The third-order valence-electron chi connectivity index (χ3n) is 2.14. The molecule has 1 rings (SSSR count). The molecule has 1 atom stereocenters. The van der Waals surface area contributed by atoms with Crippen molar-refractivity contribution in [2.45, 2.75) is 19.4 Å². The van der Waals surface area contributed by atoms with Crippen molar-refractivity contribution in [3.05, 3.63) is 35.4 Å². The van der Waals surface area contributed by atoms with Gasteiger partial charge in [-0.05, 0) is 31.0 Å². The molecule has 1 unspecified atom stereocenters. The molecular weight excluding hydrogens is 246 g/mol. The second-order valence-electron chi connectivity index (χ2n) is 3.54. The van der Waals surface area contributed by atoms with Crippen LogP contribution in [0.15, 0.2) is 18.2 Å². The van der Waals surface area contributed by atoms with Gasteiger partial charge in [0.2, 0.25) is 0 Å². The smallest absolute Gasteiger partial charge is 0.375 e. The SMILES string of the molecule is CO[Si](OC)OC(C)Cc1ccc(F)c(F)c1. The molecular formula is C11H15F2O3Si. The minimum atomic E-state index is -1.73. The van der Waals surface area contributed by atoms with Crippen LogP contribution in [0.25, 0.3) is 0 Å². The number of benzene rings is 1. The third kappa shape index (κ3) is 4.51. The van der Waals surface area contributed by atoms with Crippen LogP contribution in [0.3, 0.4) is 0 Å². The lowest BCUT2D eigenvalue weighted by atomic mass is 10.1. The van der Waals surface area contributed by atoms with Crippen molar-refractivity contribution < 1.29 is 22.1 Å². The monoisotopic (exact) mass is 261 g/mol. The highest BCUT2D eigenvalue weighted by molar-refractivity contribution is 6.36. The third-order valence-corrected chi connectivity index (χ3v) is 3.40. The molecule has 0 aliphatic rings. The van der Waals surface area contributed by atoms with Crippen molar-refractivity contribution in [2.24, 2.45) is 0 Å². The van der Waals surface area contributed by atoms with Gasteiger partial charge in [-0.3, -0.25) is 0 Å². The van der Waals surface area contributed by atoms with Gasteiger partial charge in [-0.15, -0.1) is 0 Å². The second-order valence-corrected chi connectivity index (χ2v) is 5.09. The molecule has 0 bridgehead atoms. The largest absolute Gasteiger partial charge is 0.577 e. The summed E-state index contributed by atoms with van der Waals surface area (Å²) in [5, 5.41) is 0. The Morgan fingerprint density at radius 1 is 1.18 bits per heavy atom. The number of rotatable bonds is 6. The fourth-order valence-electron chi connectivity index (χ4n) is 1.38. The fraction of sp³-hybridized carbons (Fsp3) is 0.455. The quantitative estimate of drug-likeness (QED) is 0.735. The molecule has 17 heavy (non-hydrogen) atoms. The fourth-order valence-corrected chi connectivity index (χ4v) is 2.16. The average Bonchev–Trinajstić information content (AvgIpc) is 2.31. The maximum atomic E-state index is 13.0. The maximum Gasteiger partial charge on any atom is 0.577 e. The van der Waals surface area contributed by atoms with Crippen LogP contribution in [0.1, 0.15) is 12.5 Å². The van der Waals surface area contributed by atoms with Gasteiger partial charge in [0.1, 0.15) is 0 Å². The molecule has 1 radical (unpaired) electrons. The van der Waals surface area contributed by atoms with Gasteiger partial charge in [0, 0.05) is 14.2 Å². The van der Waals surface area contributed by atoms with Gasteiger partial charge < -0.3 is 13.3 Å². The van der Waals surface area contributed by atoms with E-state index in [0.717, 1.165) is 6.07 Å². The Kier molecular flexibility index (Phi) is 5.70. The van der Waals surface area contributed by atoms with E-state index in [1.807, 2.05) is 6.92 Å². The second kappa shape index (κ2) is 6.80. The minimum Gasteiger partial charge on any atom is -0.375 e. The molecule has 0 aliphatic carbocycles. The van der Waals surface area contributed by atoms with E-state index in [2.05, 4.69) is 0 Å². The first kappa shape index (κ1) is 14.2. The van der Waals surface area contributed by atoms with Crippen LogP contribution in [-0.2, 0) is 19.7 Å². The van der Waals surface area contributed by atoms with Crippen molar-refractivity contribution >= 4 is 9.53 Å². The zero-order valence-corrected chi connectivity index (χ0v) is 11.0. The molecule has 0 amide bonds. The van der Waals surface area contributed by atoms with Gasteiger partial charge in [0.15, 0.2) is 11.6 Å². The van der Waals surface area contributed by atoms with Gasteiger partial charge in [-0.1, -0.05) is 6.07 Å². The molecule has 0 saturated heterocycles. The van der Waals surface area contributed by atoms with Crippen molar-refractivity contribution in [2.75, 3.05) is 14.2 Å². The topological polar surface area (TPSA) is 27.7 Å². The van der Waals surface area contributed by atoms with E-state index in [1.54, 1.807) is 0 Å². The minimum absolute atomic E-state index is 0.186. The maximum absolute atomic E-state index is 13.0. The van der Waals surface area contributed by atoms with Crippen LogP contribution >= 0.6 is 0 Å². The van der Waals surface area contributed by atoms with E-state index in [4.69, 9.17) is 13.3 Å². The molecule has 0 N–H and O–H groups in total. The molecule has 95 valence electrons. The Labute approximate surface area is 101 Å². The molecule has 0 spiro atoms. The first-order valence-corrected chi connectivity index (χ1v) is 6.34. The zero-order chi connectivity index (χ0) is 12.8. The summed E-state index contributed by atoms with van der Waals surface area (Å²) in [7, 11) is 1.28. The molecule has 0 aromatic heterocycles. The summed E-state index contributed by atoms with van der Waals surface area (Å²) in [5.41, 5.74) is 0.671.